The summed E-state index contributed by atoms with van der Waals surface area (Å²) >= 11 is 0. The normalized spacial score (nSPS) is 19.6. The number of halogens is 4. The van der Waals surface area contributed by atoms with E-state index in [0.717, 1.165) is 19.3 Å². The lowest BCUT2D eigenvalue weighted by Crippen LogP contribution is -2.24. The van der Waals surface area contributed by atoms with Crippen LogP contribution in [0.3, 0.4) is 0 Å². The monoisotopic (exact) mass is 262 g/mol. The molecule has 0 amide bonds. The Bertz CT molecular complexity index is 424. The predicted molar refractivity (Wildman–Crippen MR) is 59.3 cm³/mol. The van der Waals surface area contributed by atoms with Gasteiger partial charge in [-0.25, -0.2) is 0 Å². The molecule has 100 valence electrons. The van der Waals surface area contributed by atoms with Gasteiger partial charge in [-0.2, -0.15) is 22.5 Å². The van der Waals surface area contributed by atoms with Crippen molar-refractivity contribution in [1.29, 1.82) is 0 Å². The average molecular weight is 262 g/mol. The third-order valence-electron chi connectivity index (χ3n) is 3.27. The van der Waals surface area contributed by atoms with Crippen LogP contribution in [-0.4, -0.2) is 18.1 Å². The molecule has 1 aliphatic rings. The minimum absolute atomic E-state index is 0.313. The lowest BCUT2D eigenvalue weighted by molar-refractivity contribution is 0.406. The van der Waals surface area contributed by atoms with Gasteiger partial charge in [-0.3, -0.25) is 0 Å². The maximum absolute atomic E-state index is 13.5. The molecule has 0 saturated carbocycles. The van der Waals surface area contributed by atoms with Gasteiger partial charge in [0.25, 0.3) is 11.9 Å². The molecule has 18 heavy (non-hydrogen) atoms. The molecular weight excluding hydrogens is 248 g/mol. The van der Waals surface area contributed by atoms with E-state index in [4.69, 9.17) is 0 Å². The zero-order valence-electron chi connectivity index (χ0n) is 10.0. The first-order valence-electron chi connectivity index (χ1n) is 5.99. The van der Waals surface area contributed by atoms with Gasteiger partial charge in [0.1, 0.15) is 5.69 Å². The molecule has 1 unspecified atom stereocenters. The maximum Gasteiger partial charge on any atom is 0.253 e. The van der Waals surface area contributed by atoms with Gasteiger partial charge >= 0.3 is 0 Å². The first-order chi connectivity index (χ1) is 8.54. The largest absolute Gasteiger partial charge is 0.366 e. The molecule has 1 fully saturated rings. The second-order valence-corrected chi connectivity index (χ2v) is 4.56. The molecule has 1 aromatic rings. The first kappa shape index (κ1) is 13.1. The van der Waals surface area contributed by atoms with Crippen LogP contribution in [0.2, 0.25) is 0 Å². The van der Waals surface area contributed by atoms with E-state index < -0.39 is 29.2 Å². The summed E-state index contributed by atoms with van der Waals surface area (Å²) in [7, 11) is 0. The number of nitrogens with zero attached hydrogens (tertiary/aromatic N) is 2. The highest BCUT2D eigenvalue weighted by Crippen LogP contribution is 2.31. The Morgan fingerprint density at radius 1 is 1.17 bits per heavy atom. The summed E-state index contributed by atoms with van der Waals surface area (Å²) < 4.78 is 53.0. The third-order valence-corrected chi connectivity index (χ3v) is 3.27. The van der Waals surface area contributed by atoms with Crippen molar-refractivity contribution in [2.45, 2.75) is 26.2 Å². The molecule has 0 bridgehead atoms. The van der Waals surface area contributed by atoms with Gasteiger partial charge in [-0.1, -0.05) is 13.3 Å². The molecule has 1 aromatic heterocycles. The minimum Gasteiger partial charge on any atom is -0.366 e. The minimum atomic E-state index is -1.59. The molecule has 0 aliphatic carbocycles. The zero-order chi connectivity index (χ0) is 13.3. The van der Waals surface area contributed by atoms with Crippen molar-refractivity contribution < 1.29 is 17.6 Å². The highest BCUT2D eigenvalue weighted by molar-refractivity contribution is 5.49. The summed E-state index contributed by atoms with van der Waals surface area (Å²) in [6.45, 7) is 2.85. The lowest BCUT2D eigenvalue weighted by atomic mass is 10.0. The van der Waals surface area contributed by atoms with E-state index in [0.29, 0.717) is 19.0 Å². The fraction of sp³-hybridized carbons (Fsp3) is 0.583. The van der Waals surface area contributed by atoms with Crippen molar-refractivity contribution in [3.8, 4) is 0 Å². The van der Waals surface area contributed by atoms with Gasteiger partial charge in [0.15, 0.2) is 0 Å². The number of hydrogen-bond acceptors (Lipinski definition) is 2. The summed E-state index contributed by atoms with van der Waals surface area (Å²) in [6, 6.07) is 0. The Balaban J connectivity index is 2.29. The highest BCUT2D eigenvalue weighted by atomic mass is 19.2. The van der Waals surface area contributed by atoms with Crippen molar-refractivity contribution in [1.82, 2.24) is 4.98 Å². The summed E-state index contributed by atoms with van der Waals surface area (Å²) in [5.41, 5.74) is -0.626. The number of rotatable bonds is 3. The molecule has 1 atom stereocenters. The van der Waals surface area contributed by atoms with Crippen LogP contribution < -0.4 is 4.90 Å². The predicted octanol–water partition coefficient (Wildman–Crippen LogP) is 3.26. The Kier molecular flexibility index (Phi) is 3.73. The molecule has 0 aromatic carbocycles. The van der Waals surface area contributed by atoms with Crippen LogP contribution >= 0.6 is 0 Å². The third kappa shape index (κ3) is 2.28. The Labute approximate surface area is 103 Å². The Morgan fingerprint density at radius 3 is 2.33 bits per heavy atom. The van der Waals surface area contributed by atoms with Crippen molar-refractivity contribution in [3.63, 3.8) is 0 Å². The molecule has 0 spiro atoms. The quantitative estimate of drug-likeness (QED) is 0.614. The summed E-state index contributed by atoms with van der Waals surface area (Å²) in [5.74, 6) is -5.70. The van der Waals surface area contributed by atoms with Gasteiger partial charge in [-0.15, -0.1) is 0 Å². The summed E-state index contributed by atoms with van der Waals surface area (Å²) in [5, 5.41) is 0. The summed E-state index contributed by atoms with van der Waals surface area (Å²) in [6.07, 6.45) is 2.69. The van der Waals surface area contributed by atoms with Crippen LogP contribution in [0.25, 0.3) is 0 Å². The summed E-state index contributed by atoms with van der Waals surface area (Å²) in [4.78, 5) is 3.91. The van der Waals surface area contributed by atoms with Crippen molar-refractivity contribution in [2.24, 2.45) is 5.92 Å². The second-order valence-electron chi connectivity index (χ2n) is 4.56. The fourth-order valence-electron chi connectivity index (χ4n) is 2.43. The van der Waals surface area contributed by atoms with E-state index in [9.17, 15) is 17.6 Å². The number of pyridine rings is 1. The zero-order valence-corrected chi connectivity index (χ0v) is 10.0. The van der Waals surface area contributed by atoms with E-state index in [-0.39, 0.29) is 0 Å². The fourth-order valence-corrected chi connectivity index (χ4v) is 2.43. The molecular formula is C12H14F4N2. The molecule has 2 nitrogen and oxygen atoms in total. The lowest BCUT2D eigenvalue weighted by Gasteiger charge is -2.20. The van der Waals surface area contributed by atoms with E-state index in [2.05, 4.69) is 4.98 Å². The molecule has 0 N–H and O–H groups in total. The molecule has 2 rings (SSSR count). The van der Waals surface area contributed by atoms with Crippen LogP contribution in [0.1, 0.15) is 26.2 Å². The van der Waals surface area contributed by atoms with Gasteiger partial charge < -0.3 is 4.90 Å². The second kappa shape index (κ2) is 5.12. The van der Waals surface area contributed by atoms with Crippen molar-refractivity contribution >= 4 is 5.69 Å². The van der Waals surface area contributed by atoms with Crippen LogP contribution in [-0.2, 0) is 0 Å². The smallest absolute Gasteiger partial charge is 0.253 e. The van der Waals surface area contributed by atoms with E-state index >= 15 is 0 Å². The number of hydrogen-bond donors (Lipinski definition) is 0. The number of anilines is 1. The van der Waals surface area contributed by atoms with E-state index in [1.165, 1.54) is 4.90 Å². The van der Waals surface area contributed by atoms with Gasteiger partial charge in [0.05, 0.1) is 0 Å². The first-order valence-corrected chi connectivity index (χ1v) is 5.99. The highest BCUT2D eigenvalue weighted by Gasteiger charge is 2.30. The molecule has 1 aliphatic heterocycles. The van der Waals surface area contributed by atoms with Crippen LogP contribution in [0.4, 0.5) is 23.2 Å². The van der Waals surface area contributed by atoms with E-state index in [1.807, 2.05) is 6.92 Å². The topological polar surface area (TPSA) is 16.1 Å². The van der Waals surface area contributed by atoms with Gasteiger partial charge in [-0.05, 0) is 18.8 Å². The van der Waals surface area contributed by atoms with Crippen LogP contribution in [0.5, 0.6) is 0 Å². The Hall–Kier alpha value is -1.33. The van der Waals surface area contributed by atoms with Crippen molar-refractivity contribution in [2.75, 3.05) is 18.0 Å². The van der Waals surface area contributed by atoms with Crippen molar-refractivity contribution in [3.05, 3.63) is 23.5 Å². The van der Waals surface area contributed by atoms with Crippen LogP contribution in [0, 0.1) is 29.4 Å². The molecule has 6 heteroatoms. The number of aromatic nitrogens is 1. The van der Waals surface area contributed by atoms with Gasteiger partial charge in [0, 0.05) is 13.1 Å². The Morgan fingerprint density at radius 2 is 1.78 bits per heavy atom. The maximum atomic E-state index is 13.5. The molecule has 1 saturated heterocycles. The molecule has 0 radical (unpaired) electrons. The molecule has 2 heterocycles. The standard InChI is InChI=1S/C12H14F4N2/c1-2-3-7-4-5-18(6-7)10-8(13)11(15)17-12(16)9(10)14/h7H,2-6H2,1H3. The average Bonchev–Trinajstić information content (AvgIpc) is 2.76. The van der Waals surface area contributed by atoms with E-state index in [1.54, 1.807) is 0 Å². The van der Waals surface area contributed by atoms with Crippen LogP contribution in [0.15, 0.2) is 0 Å². The van der Waals surface area contributed by atoms with Gasteiger partial charge in [0.2, 0.25) is 11.6 Å². The SMILES string of the molecule is CCCC1CCN(c2c(F)c(F)nc(F)c2F)C1.